The molecule has 7 nitrogen and oxygen atoms in total. The molecular weight excluding hydrogens is 372 g/mol. The van der Waals surface area contributed by atoms with Crippen LogP contribution in [-0.4, -0.2) is 52.5 Å². The van der Waals surface area contributed by atoms with Crippen LogP contribution in [0.2, 0.25) is 0 Å². The number of pyridine rings is 1. The highest BCUT2D eigenvalue weighted by atomic mass is 16.5. The first-order chi connectivity index (χ1) is 13.6. The molecule has 0 spiro atoms. The van der Waals surface area contributed by atoms with Crippen molar-refractivity contribution >= 4 is 11.7 Å². The van der Waals surface area contributed by atoms with E-state index < -0.39 is 11.4 Å². The summed E-state index contributed by atoms with van der Waals surface area (Å²) < 4.78 is 7.53. The average Bonchev–Trinajstić information content (AvgIpc) is 2.64. The highest BCUT2D eigenvalue weighted by Crippen LogP contribution is 2.40. The molecule has 1 aliphatic heterocycles. The highest BCUT2D eigenvalue weighted by molar-refractivity contribution is 5.87. The van der Waals surface area contributed by atoms with Crippen molar-refractivity contribution in [1.29, 1.82) is 0 Å². The number of hydrogen-bond donors (Lipinski definition) is 2. The Hall–Kier alpha value is -2.80. The van der Waals surface area contributed by atoms with E-state index in [9.17, 15) is 14.7 Å². The van der Waals surface area contributed by atoms with Crippen molar-refractivity contribution in [1.82, 2.24) is 9.47 Å². The van der Waals surface area contributed by atoms with Crippen molar-refractivity contribution in [2.24, 2.45) is 5.41 Å². The molecule has 1 aliphatic carbocycles. The highest BCUT2D eigenvalue weighted by Gasteiger charge is 2.36. The Labute approximate surface area is 170 Å². The van der Waals surface area contributed by atoms with Gasteiger partial charge in [0.25, 0.3) is 0 Å². The molecule has 0 saturated heterocycles. The average molecular weight is 400 g/mol. The van der Waals surface area contributed by atoms with E-state index in [1.807, 2.05) is 29.8 Å². The van der Waals surface area contributed by atoms with Gasteiger partial charge in [0, 0.05) is 32.3 Å². The number of carbonyl (C=O) groups is 1. The fraction of sp³-hybridized carbons (Fsp3) is 0.455. The fourth-order valence-electron chi connectivity index (χ4n) is 3.91. The molecule has 0 fully saturated rings. The molecule has 2 aliphatic rings. The van der Waals surface area contributed by atoms with Crippen molar-refractivity contribution in [2.45, 2.75) is 33.2 Å². The van der Waals surface area contributed by atoms with E-state index in [1.54, 1.807) is 0 Å². The number of aliphatic hydroxyl groups is 1. The van der Waals surface area contributed by atoms with Crippen LogP contribution in [0.5, 0.6) is 0 Å². The van der Waals surface area contributed by atoms with Crippen LogP contribution < -0.4 is 5.43 Å². The third-order valence-corrected chi connectivity index (χ3v) is 5.34. The second-order valence-electron chi connectivity index (χ2n) is 8.53. The van der Waals surface area contributed by atoms with Gasteiger partial charge in [-0.05, 0) is 17.1 Å². The minimum atomic E-state index is -1.22. The van der Waals surface area contributed by atoms with E-state index in [-0.39, 0.29) is 30.2 Å². The molecule has 0 aromatic carbocycles. The lowest BCUT2D eigenvalue weighted by Crippen LogP contribution is -2.42. The van der Waals surface area contributed by atoms with Crippen LogP contribution in [0, 0.1) is 5.41 Å². The quantitative estimate of drug-likeness (QED) is 0.807. The van der Waals surface area contributed by atoms with Gasteiger partial charge in [0.05, 0.1) is 24.0 Å². The lowest BCUT2D eigenvalue weighted by atomic mass is 9.83. The van der Waals surface area contributed by atoms with E-state index in [2.05, 4.69) is 25.7 Å². The molecule has 1 atom stereocenters. The Morgan fingerprint density at radius 2 is 2.07 bits per heavy atom. The van der Waals surface area contributed by atoms with E-state index in [0.29, 0.717) is 18.7 Å². The molecule has 0 amide bonds. The summed E-state index contributed by atoms with van der Waals surface area (Å²) in [5.41, 5.74) is 1.71. The molecule has 3 rings (SSSR count). The Kier molecular flexibility index (Phi) is 5.71. The third-order valence-electron chi connectivity index (χ3n) is 5.34. The molecule has 0 radical (unpaired) electrons. The molecule has 2 heterocycles. The van der Waals surface area contributed by atoms with Crippen LogP contribution in [0.1, 0.15) is 49.3 Å². The van der Waals surface area contributed by atoms with Crippen molar-refractivity contribution in [3.63, 3.8) is 0 Å². The van der Waals surface area contributed by atoms with E-state index in [0.717, 1.165) is 17.0 Å². The Morgan fingerprint density at radius 1 is 1.34 bits per heavy atom. The van der Waals surface area contributed by atoms with Crippen LogP contribution in [0.25, 0.3) is 5.70 Å². The molecular formula is C22H28N2O5. The molecule has 29 heavy (non-hydrogen) atoms. The Balaban J connectivity index is 2.17. The van der Waals surface area contributed by atoms with Gasteiger partial charge in [-0.25, -0.2) is 4.79 Å². The summed E-state index contributed by atoms with van der Waals surface area (Å²) in [4.78, 5) is 26.2. The van der Waals surface area contributed by atoms with Crippen LogP contribution in [0.15, 0.2) is 46.6 Å². The van der Waals surface area contributed by atoms with Gasteiger partial charge in [-0.15, -0.1) is 0 Å². The molecule has 156 valence electrons. The normalized spacial score (nSPS) is 21.6. The number of hydrogen-bond acceptors (Lipinski definition) is 5. The topological polar surface area (TPSA) is 92.0 Å². The van der Waals surface area contributed by atoms with Crippen molar-refractivity contribution in [3.8, 4) is 0 Å². The second-order valence-corrected chi connectivity index (χ2v) is 8.53. The number of aromatic nitrogens is 1. The maximum atomic E-state index is 12.5. The molecule has 7 heteroatoms. The molecule has 1 aromatic heterocycles. The second kappa shape index (κ2) is 7.91. The molecule has 0 bridgehead atoms. The molecule has 0 saturated carbocycles. The summed E-state index contributed by atoms with van der Waals surface area (Å²) in [5.74, 6) is -0.474. The van der Waals surface area contributed by atoms with E-state index in [1.165, 1.54) is 12.3 Å². The number of likely N-dealkylation sites (N-methyl/N-ethyl adjacent to an activating group) is 1. The van der Waals surface area contributed by atoms with Crippen LogP contribution in [0.4, 0.5) is 0 Å². The summed E-state index contributed by atoms with van der Waals surface area (Å²) in [6.07, 6.45) is 7.74. The number of aromatic carboxylic acids is 1. The SMILES string of the molecule is CN1CC(C(C)(C)C)n2cc(C(=O)O)c(=O)cc2/C1=C1\C=CC=C(OCCO)C1. The van der Waals surface area contributed by atoms with Gasteiger partial charge in [0.15, 0.2) is 5.43 Å². The Morgan fingerprint density at radius 3 is 2.69 bits per heavy atom. The van der Waals surface area contributed by atoms with E-state index in [4.69, 9.17) is 9.84 Å². The number of nitrogens with zero attached hydrogens (tertiary/aromatic N) is 2. The standard InChI is InChI=1S/C22H28N2O5/c1-22(2,3)19-13-23(4)20(14-6-5-7-15(10-14)29-9-8-25)17-11-18(26)16(21(27)28)12-24(17)19/h5-7,11-12,19,25H,8-10,13H2,1-4H3,(H,27,28)/b20-14-. The number of fused-ring (bicyclic) bond motifs is 1. The number of allylic oxidation sites excluding steroid dienone is 4. The minimum Gasteiger partial charge on any atom is -0.495 e. The van der Waals surface area contributed by atoms with E-state index >= 15 is 0 Å². The minimum absolute atomic E-state index is 0.00114. The fourth-order valence-corrected chi connectivity index (χ4v) is 3.91. The van der Waals surface area contributed by atoms with Crippen molar-refractivity contribution < 1.29 is 19.7 Å². The molecule has 1 unspecified atom stereocenters. The largest absolute Gasteiger partial charge is 0.495 e. The van der Waals surface area contributed by atoms with Gasteiger partial charge in [-0.3, -0.25) is 4.79 Å². The van der Waals surface area contributed by atoms with Gasteiger partial charge in [-0.1, -0.05) is 32.9 Å². The summed E-state index contributed by atoms with van der Waals surface area (Å²) in [6, 6.07) is 1.43. The number of rotatable bonds is 4. The summed E-state index contributed by atoms with van der Waals surface area (Å²) in [6.45, 7) is 7.17. The van der Waals surface area contributed by atoms with Crippen LogP contribution in [0.3, 0.4) is 0 Å². The predicted molar refractivity (Wildman–Crippen MR) is 111 cm³/mol. The third kappa shape index (κ3) is 4.15. The summed E-state index contributed by atoms with van der Waals surface area (Å²) in [5, 5.41) is 18.5. The maximum absolute atomic E-state index is 12.5. The van der Waals surface area contributed by atoms with Crippen LogP contribution >= 0.6 is 0 Å². The zero-order valence-electron chi connectivity index (χ0n) is 17.3. The smallest absolute Gasteiger partial charge is 0.341 e. The lowest BCUT2D eigenvalue weighted by Gasteiger charge is -2.44. The zero-order valence-corrected chi connectivity index (χ0v) is 17.3. The number of carboxylic acid groups (broad SMARTS) is 1. The predicted octanol–water partition coefficient (Wildman–Crippen LogP) is 2.64. The van der Waals surface area contributed by atoms with Crippen LogP contribution in [-0.2, 0) is 4.74 Å². The monoisotopic (exact) mass is 400 g/mol. The molecule has 1 aromatic rings. The lowest BCUT2D eigenvalue weighted by molar-refractivity contribution is 0.0693. The zero-order chi connectivity index (χ0) is 21.3. The van der Waals surface area contributed by atoms with Crippen molar-refractivity contribution in [2.75, 3.05) is 26.8 Å². The first-order valence-electron chi connectivity index (χ1n) is 9.68. The first kappa shape index (κ1) is 20.9. The van der Waals surface area contributed by atoms with Crippen molar-refractivity contribution in [3.05, 3.63) is 63.3 Å². The summed E-state index contributed by atoms with van der Waals surface area (Å²) >= 11 is 0. The van der Waals surface area contributed by atoms with Gasteiger partial charge in [0.2, 0.25) is 0 Å². The number of carboxylic acids is 1. The van der Waals surface area contributed by atoms with Gasteiger partial charge in [-0.2, -0.15) is 0 Å². The van der Waals surface area contributed by atoms with Gasteiger partial charge < -0.3 is 24.4 Å². The molecule has 2 N–H and O–H groups in total. The first-order valence-corrected chi connectivity index (χ1v) is 9.68. The number of aliphatic hydroxyl groups excluding tert-OH is 1. The summed E-state index contributed by atoms with van der Waals surface area (Å²) in [7, 11) is 1.99. The van der Waals surface area contributed by atoms with Gasteiger partial charge >= 0.3 is 5.97 Å². The maximum Gasteiger partial charge on any atom is 0.341 e. The van der Waals surface area contributed by atoms with Gasteiger partial charge in [0.1, 0.15) is 17.9 Å². The number of ether oxygens (including phenoxy) is 1. The Bertz CT molecular complexity index is 962.